The largest absolute Gasteiger partial charge is 0.497 e. The first-order valence-corrected chi connectivity index (χ1v) is 3.29. The van der Waals surface area contributed by atoms with Crippen molar-refractivity contribution in [3.63, 3.8) is 0 Å². The Morgan fingerprint density at radius 2 is 2.18 bits per heavy atom. The molecular weight excluding hydrogens is 145 g/mol. The molecule has 0 saturated heterocycles. The van der Waals surface area contributed by atoms with Crippen LogP contribution in [0.3, 0.4) is 0 Å². The van der Waals surface area contributed by atoms with Gasteiger partial charge in [-0.3, -0.25) is 0 Å². The number of nitrogens with one attached hydrogen (secondary N) is 1. The normalized spacial score (nSPS) is 9.36. The Kier molecular flexibility index (Phi) is 2.31. The van der Waals surface area contributed by atoms with Crippen molar-refractivity contribution in [2.24, 2.45) is 0 Å². The number of halogens is 1. The second-order valence-electron chi connectivity index (χ2n) is 2.10. The summed E-state index contributed by atoms with van der Waals surface area (Å²) in [5.74, 6) is 0.379. The highest BCUT2D eigenvalue weighted by atomic mass is 19.1. The quantitative estimate of drug-likeness (QED) is 0.704. The molecule has 3 heteroatoms. The fourth-order valence-electron chi connectivity index (χ4n) is 0.823. The lowest BCUT2D eigenvalue weighted by molar-refractivity contribution is 0.414. The lowest BCUT2D eigenvalue weighted by Crippen LogP contribution is -1.93. The van der Waals surface area contributed by atoms with E-state index in [9.17, 15) is 4.39 Å². The summed E-state index contributed by atoms with van der Waals surface area (Å²) in [6.07, 6.45) is 0. The van der Waals surface area contributed by atoms with E-state index in [1.807, 2.05) is 0 Å². The highest BCUT2D eigenvalue weighted by Crippen LogP contribution is 2.19. The van der Waals surface area contributed by atoms with Crippen LogP contribution in [0, 0.1) is 5.82 Å². The van der Waals surface area contributed by atoms with Crippen LogP contribution in [-0.4, -0.2) is 14.2 Å². The molecule has 0 aromatic heterocycles. The molecule has 0 radical (unpaired) electrons. The smallest absolute Gasteiger partial charge is 0.146 e. The first-order chi connectivity index (χ1) is 5.27. The molecule has 0 aliphatic heterocycles. The molecule has 0 saturated carbocycles. The molecule has 0 unspecified atom stereocenters. The predicted molar refractivity (Wildman–Crippen MR) is 42.5 cm³/mol. The molecule has 0 atom stereocenters. The van der Waals surface area contributed by atoms with Gasteiger partial charge in [0.05, 0.1) is 12.8 Å². The molecule has 0 aliphatic rings. The van der Waals surface area contributed by atoms with Gasteiger partial charge in [0, 0.05) is 13.1 Å². The van der Waals surface area contributed by atoms with E-state index >= 15 is 0 Å². The molecule has 1 N–H and O–H groups in total. The summed E-state index contributed by atoms with van der Waals surface area (Å²) >= 11 is 0. The summed E-state index contributed by atoms with van der Waals surface area (Å²) < 4.78 is 17.7. The van der Waals surface area contributed by atoms with Crippen LogP contribution in [0.1, 0.15) is 0 Å². The lowest BCUT2D eigenvalue weighted by Gasteiger charge is -2.04. The van der Waals surface area contributed by atoms with Crippen molar-refractivity contribution in [1.82, 2.24) is 0 Å². The SMILES string of the molecule is CNc1cc(OC)ccc1F. The maximum absolute atomic E-state index is 12.8. The van der Waals surface area contributed by atoms with Crippen LogP contribution in [0.5, 0.6) is 5.75 Å². The summed E-state index contributed by atoms with van der Waals surface area (Å²) in [4.78, 5) is 0. The number of ether oxygens (including phenoxy) is 1. The highest BCUT2D eigenvalue weighted by molar-refractivity contribution is 5.48. The number of anilines is 1. The number of benzene rings is 1. The number of hydrogen-bond donors (Lipinski definition) is 1. The van der Waals surface area contributed by atoms with Crippen molar-refractivity contribution in [3.05, 3.63) is 24.0 Å². The Morgan fingerprint density at radius 1 is 1.45 bits per heavy atom. The molecule has 1 rings (SSSR count). The number of methoxy groups -OCH3 is 1. The first kappa shape index (κ1) is 7.85. The molecule has 1 aromatic rings. The Hall–Kier alpha value is -1.25. The van der Waals surface area contributed by atoms with Gasteiger partial charge in [0.1, 0.15) is 11.6 Å². The third-order valence-corrected chi connectivity index (χ3v) is 1.44. The van der Waals surface area contributed by atoms with Crippen LogP contribution >= 0.6 is 0 Å². The van der Waals surface area contributed by atoms with E-state index in [4.69, 9.17) is 4.74 Å². The van der Waals surface area contributed by atoms with E-state index in [0.29, 0.717) is 11.4 Å². The van der Waals surface area contributed by atoms with Gasteiger partial charge in [-0.25, -0.2) is 4.39 Å². The fourth-order valence-corrected chi connectivity index (χ4v) is 0.823. The van der Waals surface area contributed by atoms with Crippen LogP contribution in [-0.2, 0) is 0 Å². The monoisotopic (exact) mass is 155 g/mol. The molecule has 0 spiro atoms. The van der Waals surface area contributed by atoms with Gasteiger partial charge in [0.15, 0.2) is 0 Å². The van der Waals surface area contributed by atoms with Crippen LogP contribution < -0.4 is 10.1 Å². The summed E-state index contributed by atoms with van der Waals surface area (Å²) in [5.41, 5.74) is 0.448. The van der Waals surface area contributed by atoms with Crippen LogP contribution in [0.25, 0.3) is 0 Å². The molecule has 0 heterocycles. The second-order valence-corrected chi connectivity index (χ2v) is 2.10. The van der Waals surface area contributed by atoms with Gasteiger partial charge in [0.25, 0.3) is 0 Å². The minimum Gasteiger partial charge on any atom is -0.497 e. The van der Waals surface area contributed by atoms with Crippen LogP contribution in [0.4, 0.5) is 10.1 Å². The summed E-state index contributed by atoms with van der Waals surface area (Å²) in [6, 6.07) is 4.55. The number of rotatable bonds is 2. The Labute approximate surface area is 65.0 Å². The molecule has 11 heavy (non-hydrogen) atoms. The zero-order valence-corrected chi connectivity index (χ0v) is 6.52. The average molecular weight is 155 g/mol. The van der Waals surface area contributed by atoms with E-state index in [1.54, 1.807) is 26.3 Å². The minimum atomic E-state index is -0.270. The molecular formula is C8H10FNO. The fraction of sp³-hybridized carbons (Fsp3) is 0.250. The van der Waals surface area contributed by atoms with Gasteiger partial charge in [-0.15, -0.1) is 0 Å². The topological polar surface area (TPSA) is 21.3 Å². The molecule has 0 bridgehead atoms. The molecule has 60 valence electrons. The zero-order chi connectivity index (χ0) is 8.27. The van der Waals surface area contributed by atoms with E-state index in [1.165, 1.54) is 6.07 Å². The Morgan fingerprint density at radius 3 is 2.73 bits per heavy atom. The standard InChI is InChI=1S/C8H10FNO/c1-10-8-5-6(11-2)3-4-7(8)9/h3-5,10H,1-2H3. The number of hydrogen-bond acceptors (Lipinski definition) is 2. The molecule has 0 amide bonds. The summed E-state index contributed by atoms with van der Waals surface area (Å²) in [5, 5.41) is 2.71. The van der Waals surface area contributed by atoms with E-state index in [0.717, 1.165) is 0 Å². The Balaban J connectivity index is 3.02. The van der Waals surface area contributed by atoms with Gasteiger partial charge in [0.2, 0.25) is 0 Å². The first-order valence-electron chi connectivity index (χ1n) is 3.29. The van der Waals surface area contributed by atoms with Crippen molar-refractivity contribution in [2.75, 3.05) is 19.5 Å². The van der Waals surface area contributed by atoms with Crippen molar-refractivity contribution in [1.29, 1.82) is 0 Å². The minimum absolute atomic E-state index is 0.270. The van der Waals surface area contributed by atoms with E-state index in [2.05, 4.69) is 5.32 Å². The van der Waals surface area contributed by atoms with Gasteiger partial charge >= 0.3 is 0 Å². The van der Waals surface area contributed by atoms with Crippen LogP contribution in [0.2, 0.25) is 0 Å². The van der Waals surface area contributed by atoms with Gasteiger partial charge < -0.3 is 10.1 Å². The van der Waals surface area contributed by atoms with Gasteiger partial charge in [-0.1, -0.05) is 0 Å². The maximum atomic E-state index is 12.8. The third-order valence-electron chi connectivity index (χ3n) is 1.44. The molecule has 1 aromatic carbocycles. The zero-order valence-electron chi connectivity index (χ0n) is 6.52. The maximum Gasteiger partial charge on any atom is 0.146 e. The van der Waals surface area contributed by atoms with Gasteiger partial charge in [-0.05, 0) is 12.1 Å². The average Bonchev–Trinajstić information content (AvgIpc) is 2.05. The van der Waals surface area contributed by atoms with E-state index < -0.39 is 0 Å². The van der Waals surface area contributed by atoms with Crippen LogP contribution in [0.15, 0.2) is 18.2 Å². The van der Waals surface area contributed by atoms with Crippen molar-refractivity contribution < 1.29 is 9.13 Å². The van der Waals surface area contributed by atoms with Crippen molar-refractivity contribution in [2.45, 2.75) is 0 Å². The molecule has 0 aliphatic carbocycles. The summed E-state index contributed by atoms with van der Waals surface area (Å²) in [7, 11) is 3.21. The van der Waals surface area contributed by atoms with Gasteiger partial charge in [-0.2, -0.15) is 0 Å². The van der Waals surface area contributed by atoms with E-state index in [-0.39, 0.29) is 5.82 Å². The summed E-state index contributed by atoms with van der Waals surface area (Å²) in [6.45, 7) is 0. The third kappa shape index (κ3) is 1.61. The molecule has 2 nitrogen and oxygen atoms in total. The second kappa shape index (κ2) is 3.23. The van der Waals surface area contributed by atoms with Crippen molar-refractivity contribution in [3.8, 4) is 5.75 Å². The lowest BCUT2D eigenvalue weighted by atomic mass is 10.3. The highest BCUT2D eigenvalue weighted by Gasteiger charge is 1.99. The predicted octanol–water partition coefficient (Wildman–Crippen LogP) is 1.88. The molecule has 0 fully saturated rings. The Bertz CT molecular complexity index is 250. The van der Waals surface area contributed by atoms with Crippen molar-refractivity contribution >= 4 is 5.69 Å².